The Morgan fingerprint density at radius 1 is 0.714 bits per heavy atom. The monoisotopic (exact) mass is 600 g/mol. The topological polar surface area (TPSA) is 165 Å². The Hall–Kier alpha value is -2.27. The van der Waals surface area contributed by atoms with Crippen LogP contribution in [0.1, 0.15) is 42.2 Å². The summed E-state index contributed by atoms with van der Waals surface area (Å²) in [5.74, 6) is -2.11. The SMILES string of the molecule is O=C([O-])c1cnc(C2=CCN(C(=O)C3COC3)CC2)s1.O=C([O-])c1cnc(C2=CCN(C(=O)C3COC3)CC2)s1.[Li+].[Li+]. The summed E-state index contributed by atoms with van der Waals surface area (Å²) in [6.07, 6.45) is 7.91. The van der Waals surface area contributed by atoms with Gasteiger partial charge in [-0.25, -0.2) is 9.97 Å². The second kappa shape index (κ2) is 15.5. The number of hydrogen-bond acceptors (Lipinski definition) is 12. The fourth-order valence-corrected chi connectivity index (χ4v) is 6.07. The van der Waals surface area contributed by atoms with Crippen LogP contribution in [0.4, 0.5) is 0 Å². The fraction of sp³-hybridized carbons (Fsp3) is 0.462. The van der Waals surface area contributed by atoms with Gasteiger partial charge in [-0.1, -0.05) is 12.2 Å². The molecule has 4 aliphatic rings. The Balaban J connectivity index is 0.000000220. The standard InChI is InChI=1S/2C13H14N2O4S.2Li/c2*16-12(9-6-19-7-9)15-3-1-8(2-4-15)11-14-5-10(20-11)13(17)18;;/h2*1,5,9H,2-4,6-7H2,(H,17,18);;/q;;2*+1/p-2. The third kappa shape index (κ3) is 8.01. The maximum atomic E-state index is 12.0. The number of amides is 2. The maximum absolute atomic E-state index is 12.0. The number of carboxylic acids is 2. The maximum Gasteiger partial charge on any atom is 1.00 e. The van der Waals surface area contributed by atoms with Gasteiger partial charge >= 0.3 is 37.7 Å². The molecule has 2 amide bonds. The van der Waals surface area contributed by atoms with E-state index < -0.39 is 11.9 Å². The molecule has 42 heavy (non-hydrogen) atoms. The summed E-state index contributed by atoms with van der Waals surface area (Å²) in [6.45, 7) is 4.46. The molecule has 0 aromatic carbocycles. The number of thiazole rings is 2. The fourth-order valence-electron chi connectivity index (χ4n) is 4.43. The van der Waals surface area contributed by atoms with Gasteiger partial charge in [-0.15, -0.1) is 22.7 Å². The molecule has 0 aliphatic carbocycles. The first-order valence-electron chi connectivity index (χ1n) is 12.8. The van der Waals surface area contributed by atoms with E-state index in [4.69, 9.17) is 9.47 Å². The Morgan fingerprint density at radius 2 is 1.10 bits per heavy atom. The van der Waals surface area contributed by atoms with Crippen molar-refractivity contribution < 1.29 is 76.6 Å². The van der Waals surface area contributed by atoms with Crippen LogP contribution in [0, 0.1) is 11.8 Å². The molecule has 16 heteroatoms. The van der Waals surface area contributed by atoms with Gasteiger partial charge in [0, 0.05) is 38.6 Å². The normalized spacial score (nSPS) is 18.5. The van der Waals surface area contributed by atoms with E-state index in [2.05, 4.69) is 9.97 Å². The van der Waals surface area contributed by atoms with Crippen LogP contribution < -0.4 is 47.9 Å². The predicted octanol–water partition coefficient (Wildman–Crippen LogP) is -6.45. The predicted molar refractivity (Wildman–Crippen MR) is 140 cm³/mol. The molecule has 0 radical (unpaired) electrons. The average Bonchev–Trinajstić information content (AvgIpc) is 3.58. The Bertz CT molecular complexity index is 1270. The molecular weight excluding hydrogens is 574 g/mol. The quantitative estimate of drug-likeness (QED) is 0.291. The van der Waals surface area contributed by atoms with E-state index in [1.807, 2.05) is 22.0 Å². The minimum absolute atomic E-state index is 0. The third-order valence-electron chi connectivity index (χ3n) is 6.98. The van der Waals surface area contributed by atoms with Crippen LogP contribution in [0.25, 0.3) is 11.1 Å². The van der Waals surface area contributed by atoms with E-state index in [1.54, 1.807) is 0 Å². The molecule has 212 valence electrons. The van der Waals surface area contributed by atoms with Gasteiger partial charge < -0.3 is 39.1 Å². The number of nitrogens with zero attached hydrogens (tertiary/aromatic N) is 4. The smallest absolute Gasteiger partial charge is 0.544 e. The van der Waals surface area contributed by atoms with E-state index in [0.717, 1.165) is 33.8 Å². The van der Waals surface area contributed by atoms with E-state index >= 15 is 0 Å². The van der Waals surface area contributed by atoms with Crippen molar-refractivity contribution in [1.29, 1.82) is 0 Å². The van der Waals surface area contributed by atoms with Crippen molar-refractivity contribution in [3.05, 3.63) is 44.3 Å². The van der Waals surface area contributed by atoms with Gasteiger partial charge in [0.25, 0.3) is 0 Å². The summed E-state index contributed by atoms with van der Waals surface area (Å²) in [5.41, 5.74) is 1.99. The van der Waals surface area contributed by atoms with E-state index in [-0.39, 0.29) is 71.1 Å². The van der Waals surface area contributed by atoms with Crippen LogP contribution in [-0.4, -0.2) is 96.1 Å². The first-order chi connectivity index (χ1) is 19.3. The summed E-state index contributed by atoms with van der Waals surface area (Å²) in [5, 5.41) is 22.9. The first-order valence-corrected chi connectivity index (χ1v) is 14.4. The molecule has 0 saturated carbocycles. The molecule has 2 fully saturated rings. The molecule has 0 spiro atoms. The van der Waals surface area contributed by atoms with Crippen molar-refractivity contribution in [2.24, 2.45) is 11.8 Å². The van der Waals surface area contributed by atoms with Gasteiger partial charge in [0.2, 0.25) is 11.8 Å². The number of ether oxygens (including phenoxy) is 2. The number of carbonyl (C=O) groups is 4. The van der Waals surface area contributed by atoms with Crippen LogP contribution in [0.15, 0.2) is 24.5 Å². The van der Waals surface area contributed by atoms with Crippen LogP contribution in [-0.2, 0) is 19.1 Å². The van der Waals surface area contributed by atoms with Crippen molar-refractivity contribution in [2.75, 3.05) is 52.6 Å². The largest absolute Gasteiger partial charge is 1.00 e. The Morgan fingerprint density at radius 3 is 1.33 bits per heavy atom. The van der Waals surface area contributed by atoms with Crippen molar-refractivity contribution >= 4 is 57.6 Å². The zero-order valence-corrected chi connectivity index (χ0v) is 25.0. The van der Waals surface area contributed by atoms with Gasteiger partial charge in [-0.05, 0) is 24.0 Å². The minimum Gasteiger partial charge on any atom is -0.544 e. The molecule has 12 nitrogen and oxygen atoms in total. The number of carboxylic acid groups (broad SMARTS) is 2. The van der Waals surface area contributed by atoms with Crippen molar-refractivity contribution in [1.82, 2.24) is 19.8 Å². The Labute approximate surface area is 274 Å². The number of aromatic carboxylic acids is 2. The van der Waals surface area contributed by atoms with Crippen LogP contribution >= 0.6 is 22.7 Å². The zero-order valence-electron chi connectivity index (χ0n) is 23.4. The van der Waals surface area contributed by atoms with Crippen LogP contribution in [0.5, 0.6) is 0 Å². The van der Waals surface area contributed by atoms with E-state index in [0.29, 0.717) is 75.5 Å². The molecular formula is C26H26Li2N4O8S2. The molecule has 0 N–H and O–H groups in total. The third-order valence-corrected chi connectivity index (χ3v) is 9.09. The van der Waals surface area contributed by atoms with Gasteiger partial charge in [-0.3, -0.25) is 9.59 Å². The summed E-state index contributed by atoms with van der Waals surface area (Å²) < 4.78 is 10.1. The number of carbonyl (C=O) groups excluding carboxylic acids is 4. The van der Waals surface area contributed by atoms with E-state index in [1.165, 1.54) is 12.4 Å². The molecule has 0 unspecified atom stereocenters. The number of aromatic nitrogens is 2. The summed E-state index contributed by atoms with van der Waals surface area (Å²) in [7, 11) is 0. The van der Waals surface area contributed by atoms with Crippen molar-refractivity contribution in [2.45, 2.75) is 12.8 Å². The molecule has 0 atom stereocenters. The molecule has 6 heterocycles. The van der Waals surface area contributed by atoms with Crippen LogP contribution in [0.2, 0.25) is 0 Å². The van der Waals surface area contributed by atoms with Gasteiger partial charge in [-0.2, -0.15) is 0 Å². The van der Waals surface area contributed by atoms with Crippen LogP contribution in [0.3, 0.4) is 0 Å². The van der Waals surface area contributed by atoms with E-state index in [9.17, 15) is 29.4 Å². The van der Waals surface area contributed by atoms with Gasteiger partial charge in [0.15, 0.2) is 0 Å². The second-order valence-corrected chi connectivity index (χ2v) is 11.7. The Kier molecular flexibility index (Phi) is 12.6. The zero-order chi connectivity index (χ0) is 28.2. The summed E-state index contributed by atoms with van der Waals surface area (Å²) in [4.78, 5) is 57.6. The summed E-state index contributed by atoms with van der Waals surface area (Å²) in [6, 6.07) is 0. The molecule has 2 saturated heterocycles. The average molecular weight is 601 g/mol. The number of hydrogen-bond donors (Lipinski definition) is 0. The molecule has 2 aromatic heterocycles. The van der Waals surface area contributed by atoms with Gasteiger partial charge in [0.1, 0.15) is 10.0 Å². The number of rotatable bonds is 6. The second-order valence-electron chi connectivity index (χ2n) is 9.63. The molecule has 6 rings (SSSR count). The molecule has 4 aliphatic heterocycles. The minimum atomic E-state index is -1.20. The van der Waals surface area contributed by atoms with Crippen molar-refractivity contribution in [3.8, 4) is 0 Å². The van der Waals surface area contributed by atoms with Crippen molar-refractivity contribution in [3.63, 3.8) is 0 Å². The summed E-state index contributed by atoms with van der Waals surface area (Å²) >= 11 is 2.23. The molecule has 2 aromatic rings. The molecule has 0 bridgehead atoms. The first kappa shape index (κ1) is 34.2. The van der Waals surface area contributed by atoms with Gasteiger partial charge in [0.05, 0.1) is 60.0 Å².